The summed E-state index contributed by atoms with van der Waals surface area (Å²) in [7, 11) is 0. The van der Waals surface area contributed by atoms with Crippen molar-refractivity contribution in [3.63, 3.8) is 0 Å². The van der Waals surface area contributed by atoms with Gasteiger partial charge in [0.1, 0.15) is 11.2 Å². The minimum absolute atomic E-state index is 0.0390. The predicted molar refractivity (Wildman–Crippen MR) is 149 cm³/mol. The Kier molecular flexibility index (Phi) is 7.98. The number of fused-ring (bicyclic) bond motifs is 2. The van der Waals surface area contributed by atoms with E-state index in [1.807, 2.05) is 34.6 Å². The molecule has 2 saturated carbocycles. The van der Waals surface area contributed by atoms with E-state index in [1.165, 1.54) is 6.92 Å². The van der Waals surface area contributed by atoms with Gasteiger partial charge in [-0.2, -0.15) is 0 Å². The molecule has 0 spiro atoms. The third-order valence-corrected chi connectivity index (χ3v) is 11.7. The van der Waals surface area contributed by atoms with Gasteiger partial charge in [0.05, 0.1) is 29.5 Å². The smallest absolute Gasteiger partial charge is 0.303 e. The van der Waals surface area contributed by atoms with E-state index in [4.69, 9.17) is 14.2 Å². The highest BCUT2D eigenvalue weighted by Gasteiger charge is 2.60. The number of hydrogen-bond donors (Lipinski definition) is 2. The van der Waals surface area contributed by atoms with Crippen molar-refractivity contribution in [2.75, 3.05) is 0 Å². The average Bonchev–Trinajstić information content (AvgIpc) is 2.95. The molecule has 0 unspecified atom stereocenters. The number of rotatable bonds is 4. The molecule has 0 aromatic carbocycles. The van der Waals surface area contributed by atoms with Gasteiger partial charge in [-0.1, -0.05) is 13.8 Å². The van der Waals surface area contributed by atoms with Gasteiger partial charge in [0.2, 0.25) is 0 Å². The van der Waals surface area contributed by atoms with Crippen molar-refractivity contribution in [2.45, 2.75) is 167 Å². The summed E-state index contributed by atoms with van der Waals surface area (Å²) in [6, 6.07) is 0. The quantitative estimate of drug-likeness (QED) is 0.445. The number of Topliss-reactive ketones (excluding diaryl/α,β-unsaturated/α-hetero) is 1. The molecule has 4 aliphatic rings. The van der Waals surface area contributed by atoms with Crippen molar-refractivity contribution in [3.05, 3.63) is 0 Å². The Balaban J connectivity index is 1.69. The maximum Gasteiger partial charge on any atom is 0.303 e. The fraction of sp³-hybridized carbons (Fsp3) is 0.938. The summed E-state index contributed by atoms with van der Waals surface area (Å²) in [5, 5.41) is 22.7. The zero-order chi connectivity index (χ0) is 29.2. The number of aliphatic hydroxyl groups excluding tert-OH is 1. The van der Waals surface area contributed by atoms with Gasteiger partial charge in [-0.05, 0) is 111 Å². The molecule has 4 fully saturated rings. The van der Waals surface area contributed by atoms with Crippen LogP contribution >= 0.6 is 0 Å². The van der Waals surface area contributed by atoms with Crippen LogP contribution < -0.4 is 0 Å². The van der Waals surface area contributed by atoms with Crippen LogP contribution in [0.5, 0.6) is 0 Å². The Morgan fingerprint density at radius 1 is 0.846 bits per heavy atom. The molecule has 2 saturated heterocycles. The number of ketones is 1. The van der Waals surface area contributed by atoms with Crippen molar-refractivity contribution in [1.82, 2.24) is 0 Å². The number of ether oxygens (including phenoxy) is 3. The third-order valence-electron chi connectivity index (χ3n) is 11.7. The number of esters is 1. The number of carbonyl (C=O) groups excluding carboxylic acids is 2. The number of hydrogen-bond acceptors (Lipinski definition) is 7. The molecular formula is C32H54O7. The molecule has 9 atom stereocenters. The van der Waals surface area contributed by atoms with Crippen LogP contribution in [0.3, 0.4) is 0 Å². The highest BCUT2D eigenvalue weighted by atomic mass is 16.6. The van der Waals surface area contributed by atoms with Gasteiger partial charge in [0, 0.05) is 24.7 Å². The van der Waals surface area contributed by atoms with Crippen LogP contribution in [0.2, 0.25) is 0 Å². The first-order valence-corrected chi connectivity index (χ1v) is 15.3. The molecule has 2 N–H and O–H groups in total. The first kappa shape index (κ1) is 30.9. The van der Waals surface area contributed by atoms with Crippen LogP contribution in [0, 0.1) is 22.7 Å². The minimum Gasteiger partial charge on any atom is -0.459 e. The Morgan fingerprint density at radius 2 is 1.41 bits per heavy atom. The standard InChI is InChI=1S/C32H54O7/c1-20(33)37-32(9)19-15-26-30(7,17-13-24(35)28(4,5)39-26)22(32)11-10-21-29(6)16-12-23(34)27(2,3)38-25(29)14-18-31(21,8)36/h21-23,25-26,34,36H,10-19H2,1-9H3/t21-,22-,23-,25-,26-,29-,30-,31+,32-/m0/s1. The maximum atomic E-state index is 13.0. The predicted octanol–water partition coefficient (Wildman–Crippen LogP) is 5.52. The van der Waals surface area contributed by atoms with Crippen LogP contribution in [0.4, 0.5) is 0 Å². The first-order chi connectivity index (χ1) is 17.8. The fourth-order valence-corrected chi connectivity index (χ4v) is 9.17. The lowest BCUT2D eigenvalue weighted by atomic mass is 9.53. The van der Waals surface area contributed by atoms with Crippen molar-refractivity contribution < 1.29 is 34.0 Å². The molecule has 0 bridgehead atoms. The van der Waals surface area contributed by atoms with Crippen LogP contribution in [-0.2, 0) is 23.8 Å². The average molecular weight is 551 g/mol. The highest BCUT2D eigenvalue weighted by molar-refractivity contribution is 5.86. The second kappa shape index (κ2) is 10.1. The third kappa shape index (κ3) is 5.47. The van der Waals surface area contributed by atoms with E-state index in [2.05, 4.69) is 20.8 Å². The lowest BCUT2D eigenvalue weighted by Crippen LogP contribution is -2.59. The highest BCUT2D eigenvalue weighted by Crippen LogP contribution is 2.59. The summed E-state index contributed by atoms with van der Waals surface area (Å²) >= 11 is 0. The first-order valence-electron chi connectivity index (χ1n) is 15.3. The van der Waals surface area contributed by atoms with Gasteiger partial charge < -0.3 is 24.4 Å². The van der Waals surface area contributed by atoms with Crippen molar-refractivity contribution in [2.24, 2.45) is 22.7 Å². The summed E-state index contributed by atoms with van der Waals surface area (Å²) < 4.78 is 19.3. The molecule has 224 valence electrons. The Bertz CT molecular complexity index is 956. The minimum atomic E-state index is -0.876. The van der Waals surface area contributed by atoms with Gasteiger partial charge in [-0.15, -0.1) is 0 Å². The summed E-state index contributed by atoms with van der Waals surface area (Å²) in [6.07, 6.45) is 6.10. The van der Waals surface area contributed by atoms with E-state index in [1.54, 1.807) is 0 Å². The van der Waals surface area contributed by atoms with Gasteiger partial charge >= 0.3 is 5.97 Å². The molecule has 2 aliphatic heterocycles. The molecular weight excluding hydrogens is 496 g/mol. The summed E-state index contributed by atoms with van der Waals surface area (Å²) in [5.74, 6) is -0.267. The van der Waals surface area contributed by atoms with Gasteiger partial charge in [-0.25, -0.2) is 0 Å². The lowest BCUT2D eigenvalue weighted by Gasteiger charge is -2.57. The second-order valence-electron chi connectivity index (χ2n) is 15.3. The molecule has 0 radical (unpaired) electrons. The molecule has 0 aromatic heterocycles. The number of carbonyl (C=O) groups is 2. The SMILES string of the molecule is CC(=O)O[C@@]1(C)CC[C@@H]2OC(C)(C)C(=O)CC[C@@]2(C)[C@@H]1CC[C@H]1[C@]2(C)CC[C@H](O)C(C)(C)O[C@H]2CC[C@@]1(C)O. The molecule has 7 heteroatoms. The van der Waals surface area contributed by atoms with E-state index < -0.39 is 28.5 Å². The van der Waals surface area contributed by atoms with Crippen LogP contribution in [0.1, 0.15) is 127 Å². The van der Waals surface area contributed by atoms with Crippen molar-refractivity contribution in [3.8, 4) is 0 Å². The molecule has 0 aromatic rings. The van der Waals surface area contributed by atoms with E-state index in [9.17, 15) is 19.8 Å². The molecule has 2 aliphatic carbocycles. The molecule has 0 amide bonds. The molecule has 2 heterocycles. The zero-order valence-corrected chi connectivity index (χ0v) is 25.9. The van der Waals surface area contributed by atoms with E-state index in [0.717, 1.165) is 32.1 Å². The van der Waals surface area contributed by atoms with Gasteiger partial charge in [0.25, 0.3) is 0 Å². The van der Waals surface area contributed by atoms with Crippen molar-refractivity contribution in [1.29, 1.82) is 0 Å². The van der Waals surface area contributed by atoms with Gasteiger partial charge in [-0.3, -0.25) is 9.59 Å². The van der Waals surface area contributed by atoms with Gasteiger partial charge in [0.15, 0.2) is 5.78 Å². The van der Waals surface area contributed by atoms with E-state index >= 15 is 0 Å². The second-order valence-corrected chi connectivity index (χ2v) is 15.3. The van der Waals surface area contributed by atoms with Crippen LogP contribution in [0.15, 0.2) is 0 Å². The summed E-state index contributed by atoms with van der Waals surface area (Å²) in [4.78, 5) is 25.3. The Morgan fingerprint density at radius 3 is 2.05 bits per heavy atom. The zero-order valence-electron chi connectivity index (χ0n) is 25.9. The largest absolute Gasteiger partial charge is 0.459 e. The van der Waals surface area contributed by atoms with E-state index in [-0.39, 0.29) is 46.6 Å². The van der Waals surface area contributed by atoms with E-state index in [0.29, 0.717) is 32.1 Å². The number of aliphatic hydroxyl groups is 2. The summed E-state index contributed by atoms with van der Waals surface area (Å²) in [6.45, 7) is 17.6. The van der Waals surface area contributed by atoms with Crippen LogP contribution in [0.25, 0.3) is 0 Å². The topological polar surface area (TPSA) is 102 Å². The Hall–Kier alpha value is -1.02. The van der Waals surface area contributed by atoms with Crippen LogP contribution in [-0.4, -0.2) is 62.7 Å². The lowest BCUT2D eigenvalue weighted by molar-refractivity contribution is -0.220. The normalized spacial score (nSPS) is 47.8. The fourth-order valence-electron chi connectivity index (χ4n) is 9.17. The molecule has 4 rings (SSSR count). The molecule has 39 heavy (non-hydrogen) atoms. The summed E-state index contributed by atoms with van der Waals surface area (Å²) in [5.41, 5.74) is -3.69. The van der Waals surface area contributed by atoms with Crippen molar-refractivity contribution >= 4 is 11.8 Å². The monoisotopic (exact) mass is 550 g/mol. The molecule has 7 nitrogen and oxygen atoms in total. The maximum absolute atomic E-state index is 13.0. The Labute approximate surface area is 235 Å².